The summed E-state index contributed by atoms with van der Waals surface area (Å²) in [6, 6.07) is 14.7. The number of hydrogen-bond acceptors (Lipinski definition) is 4. The van der Waals surface area contributed by atoms with Crippen LogP contribution >= 0.6 is 0 Å². The van der Waals surface area contributed by atoms with Crippen molar-refractivity contribution in [3.05, 3.63) is 77.0 Å². The molecule has 0 aliphatic carbocycles. The van der Waals surface area contributed by atoms with Gasteiger partial charge in [0.05, 0.1) is 19.5 Å². The summed E-state index contributed by atoms with van der Waals surface area (Å²) < 4.78 is 27.0. The first-order valence-corrected chi connectivity index (χ1v) is 11.7. The largest absolute Gasteiger partial charge is 0.332 e. The highest BCUT2D eigenvalue weighted by Gasteiger charge is 2.40. The van der Waals surface area contributed by atoms with Gasteiger partial charge in [-0.05, 0) is 29.2 Å². The van der Waals surface area contributed by atoms with Gasteiger partial charge in [-0.3, -0.25) is 14.5 Å². The predicted molar refractivity (Wildman–Crippen MR) is 128 cm³/mol. The normalized spacial score (nSPS) is 16.8. The van der Waals surface area contributed by atoms with Crippen LogP contribution in [-0.2, 0) is 17.8 Å². The Kier molecular flexibility index (Phi) is 5.83. The van der Waals surface area contributed by atoms with Gasteiger partial charge in [-0.1, -0.05) is 50.2 Å². The van der Waals surface area contributed by atoms with Gasteiger partial charge in [0.1, 0.15) is 5.82 Å². The Hall–Kier alpha value is -3.68. The van der Waals surface area contributed by atoms with E-state index < -0.39 is 18.4 Å². The standard InChI is InChI=1S/C27H26F2N4O2/c1-17(2)21-5-3-4-6-22(21)24-30-14-20-13-23(34)33(25(20)31-24)15-18-7-9-19(10-8-18)26(35)32-12-11-27(28,29)16-32/h3-10,14,17H,11-13,15-16H2,1-2H3. The molecule has 1 saturated heterocycles. The van der Waals surface area contributed by atoms with Crippen LogP contribution in [0.5, 0.6) is 0 Å². The summed E-state index contributed by atoms with van der Waals surface area (Å²) in [6.45, 7) is 4.03. The highest BCUT2D eigenvalue weighted by atomic mass is 19.3. The lowest BCUT2D eigenvalue weighted by molar-refractivity contribution is -0.117. The summed E-state index contributed by atoms with van der Waals surface area (Å²) in [5.74, 6) is -1.82. The smallest absolute Gasteiger partial charge is 0.267 e. The van der Waals surface area contributed by atoms with E-state index in [-0.39, 0.29) is 25.3 Å². The predicted octanol–water partition coefficient (Wildman–Crippen LogP) is 4.84. The van der Waals surface area contributed by atoms with Gasteiger partial charge in [-0.2, -0.15) is 0 Å². The molecule has 8 heteroatoms. The molecular formula is C27H26F2N4O2. The Morgan fingerprint density at radius 3 is 2.54 bits per heavy atom. The number of carbonyl (C=O) groups excluding carboxylic acids is 2. The topological polar surface area (TPSA) is 66.4 Å². The Labute approximate surface area is 202 Å². The van der Waals surface area contributed by atoms with Crippen LogP contribution < -0.4 is 4.90 Å². The minimum atomic E-state index is -2.82. The van der Waals surface area contributed by atoms with Crippen LogP contribution in [0.3, 0.4) is 0 Å². The summed E-state index contributed by atoms with van der Waals surface area (Å²) in [5, 5.41) is 0. The van der Waals surface area contributed by atoms with E-state index >= 15 is 0 Å². The maximum Gasteiger partial charge on any atom is 0.267 e. The number of fused-ring (bicyclic) bond motifs is 1. The van der Waals surface area contributed by atoms with E-state index in [1.165, 1.54) is 4.90 Å². The van der Waals surface area contributed by atoms with E-state index in [2.05, 4.69) is 24.9 Å². The van der Waals surface area contributed by atoms with Gasteiger partial charge in [0.2, 0.25) is 5.91 Å². The van der Waals surface area contributed by atoms with Crippen LogP contribution in [0.15, 0.2) is 54.7 Å². The van der Waals surface area contributed by atoms with E-state index in [1.54, 1.807) is 35.4 Å². The van der Waals surface area contributed by atoms with E-state index in [9.17, 15) is 18.4 Å². The molecule has 0 bridgehead atoms. The first-order valence-electron chi connectivity index (χ1n) is 11.7. The summed E-state index contributed by atoms with van der Waals surface area (Å²) in [5.41, 5.74) is 4.04. The zero-order chi connectivity index (χ0) is 24.7. The van der Waals surface area contributed by atoms with Crippen molar-refractivity contribution in [3.8, 4) is 11.4 Å². The lowest BCUT2D eigenvalue weighted by Gasteiger charge is -2.19. The van der Waals surface area contributed by atoms with Crippen molar-refractivity contribution in [2.45, 2.75) is 45.1 Å². The number of carbonyl (C=O) groups is 2. The van der Waals surface area contributed by atoms with Gasteiger partial charge in [-0.25, -0.2) is 18.7 Å². The van der Waals surface area contributed by atoms with Crippen LogP contribution in [-0.4, -0.2) is 45.7 Å². The van der Waals surface area contributed by atoms with Gasteiger partial charge in [0.25, 0.3) is 11.8 Å². The molecule has 5 rings (SSSR count). The number of hydrogen-bond donors (Lipinski definition) is 0. The summed E-state index contributed by atoms with van der Waals surface area (Å²) in [7, 11) is 0. The van der Waals surface area contributed by atoms with E-state index in [4.69, 9.17) is 4.98 Å². The molecule has 2 aliphatic rings. The van der Waals surface area contributed by atoms with E-state index in [0.29, 0.717) is 29.7 Å². The number of halogens is 2. The van der Waals surface area contributed by atoms with Gasteiger partial charge in [-0.15, -0.1) is 0 Å². The zero-order valence-corrected chi connectivity index (χ0v) is 19.7. The molecule has 2 aromatic carbocycles. The molecule has 35 heavy (non-hydrogen) atoms. The van der Waals surface area contributed by atoms with Crippen molar-refractivity contribution in [2.24, 2.45) is 0 Å². The average Bonchev–Trinajstić information content (AvgIpc) is 3.37. The van der Waals surface area contributed by atoms with Crippen LogP contribution in [0.25, 0.3) is 11.4 Å². The molecule has 0 N–H and O–H groups in total. The van der Waals surface area contributed by atoms with Crippen molar-refractivity contribution >= 4 is 17.6 Å². The van der Waals surface area contributed by atoms with Crippen LogP contribution in [0, 0.1) is 0 Å². The Morgan fingerprint density at radius 2 is 1.86 bits per heavy atom. The first kappa shape index (κ1) is 23.1. The molecule has 0 radical (unpaired) electrons. The minimum absolute atomic E-state index is 0.0502. The van der Waals surface area contributed by atoms with Crippen molar-refractivity contribution < 1.29 is 18.4 Å². The molecule has 1 aromatic heterocycles. The quantitative estimate of drug-likeness (QED) is 0.529. The van der Waals surface area contributed by atoms with Gasteiger partial charge < -0.3 is 4.90 Å². The second kappa shape index (κ2) is 8.83. The van der Waals surface area contributed by atoms with Crippen molar-refractivity contribution in [1.29, 1.82) is 0 Å². The maximum absolute atomic E-state index is 13.5. The molecule has 0 spiro atoms. The van der Waals surface area contributed by atoms with Crippen LogP contribution in [0.2, 0.25) is 0 Å². The third-order valence-corrected chi connectivity index (χ3v) is 6.56. The highest BCUT2D eigenvalue weighted by Crippen LogP contribution is 2.33. The van der Waals surface area contributed by atoms with Gasteiger partial charge >= 0.3 is 0 Å². The summed E-state index contributed by atoms with van der Waals surface area (Å²) in [6.07, 6.45) is 1.65. The fourth-order valence-corrected chi connectivity index (χ4v) is 4.66. The molecule has 0 atom stereocenters. The number of likely N-dealkylation sites (tertiary alicyclic amines) is 1. The van der Waals surface area contributed by atoms with Gasteiger partial charge in [0, 0.05) is 35.9 Å². The summed E-state index contributed by atoms with van der Waals surface area (Å²) in [4.78, 5) is 37.5. The van der Waals surface area contributed by atoms with Crippen molar-refractivity contribution in [2.75, 3.05) is 18.0 Å². The number of anilines is 1. The molecule has 180 valence electrons. The molecule has 0 saturated carbocycles. The number of benzene rings is 2. The van der Waals surface area contributed by atoms with Gasteiger partial charge in [0.15, 0.2) is 5.82 Å². The second-order valence-corrected chi connectivity index (χ2v) is 9.47. The Morgan fingerprint density at radius 1 is 1.11 bits per heavy atom. The molecule has 3 heterocycles. The van der Waals surface area contributed by atoms with Crippen LogP contribution in [0.1, 0.15) is 53.2 Å². The lowest BCUT2D eigenvalue weighted by Crippen LogP contribution is -2.31. The molecule has 3 aromatic rings. The summed E-state index contributed by atoms with van der Waals surface area (Å²) >= 11 is 0. The first-order chi connectivity index (χ1) is 16.7. The fraction of sp³-hybridized carbons (Fsp3) is 0.333. The van der Waals surface area contributed by atoms with Crippen molar-refractivity contribution in [3.63, 3.8) is 0 Å². The van der Waals surface area contributed by atoms with Crippen molar-refractivity contribution in [1.82, 2.24) is 14.9 Å². The fourth-order valence-electron chi connectivity index (χ4n) is 4.66. The number of rotatable bonds is 5. The Bertz CT molecular complexity index is 1290. The monoisotopic (exact) mass is 476 g/mol. The van der Waals surface area contributed by atoms with E-state index in [1.807, 2.05) is 18.2 Å². The Balaban J connectivity index is 1.37. The second-order valence-electron chi connectivity index (χ2n) is 9.47. The number of amides is 2. The maximum atomic E-state index is 13.5. The zero-order valence-electron chi connectivity index (χ0n) is 19.7. The van der Waals surface area contributed by atoms with E-state index in [0.717, 1.165) is 22.3 Å². The highest BCUT2D eigenvalue weighted by molar-refractivity contribution is 6.00. The number of alkyl halides is 2. The molecule has 1 fully saturated rings. The minimum Gasteiger partial charge on any atom is -0.332 e. The molecule has 2 aliphatic heterocycles. The van der Waals surface area contributed by atoms with Crippen LogP contribution in [0.4, 0.5) is 14.6 Å². The average molecular weight is 477 g/mol. The number of nitrogens with zero attached hydrogens (tertiary/aromatic N) is 4. The third-order valence-electron chi connectivity index (χ3n) is 6.56. The number of aromatic nitrogens is 2. The molecule has 0 unspecified atom stereocenters. The molecular weight excluding hydrogens is 450 g/mol. The molecule has 2 amide bonds. The SMILES string of the molecule is CC(C)c1ccccc1-c1ncc2c(n1)N(Cc1ccc(C(=O)N3CCC(F)(F)C3)cc1)C(=O)C2. The molecule has 6 nitrogen and oxygen atoms in total. The lowest BCUT2D eigenvalue weighted by atomic mass is 9.97. The third kappa shape index (κ3) is 4.52.